The molecule has 2 rings (SSSR count). The highest BCUT2D eigenvalue weighted by molar-refractivity contribution is 5.98. The van der Waals surface area contributed by atoms with Crippen LogP contribution in [0.2, 0.25) is 0 Å². The summed E-state index contributed by atoms with van der Waals surface area (Å²) in [6.07, 6.45) is 0.473. The molecule has 1 aliphatic rings. The Kier molecular flexibility index (Phi) is 3.50. The molecule has 0 radical (unpaired) electrons. The maximum Gasteiger partial charge on any atom is 0.374 e. The summed E-state index contributed by atoms with van der Waals surface area (Å²) in [6.45, 7) is 2.52. The van der Waals surface area contributed by atoms with E-state index in [2.05, 4.69) is 15.0 Å². The van der Waals surface area contributed by atoms with Gasteiger partial charge in [-0.05, 0) is 6.42 Å². The summed E-state index contributed by atoms with van der Waals surface area (Å²) in [5.41, 5.74) is -0.106. The van der Waals surface area contributed by atoms with Crippen molar-refractivity contribution in [1.29, 1.82) is 0 Å². The van der Waals surface area contributed by atoms with Crippen molar-refractivity contribution >= 4 is 17.8 Å². The second-order valence-corrected chi connectivity index (χ2v) is 4.10. The summed E-state index contributed by atoms with van der Waals surface area (Å²) < 4.78 is 4.54. The van der Waals surface area contributed by atoms with Gasteiger partial charge in [-0.2, -0.15) is 0 Å². The third-order valence-electron chi connectivity index (χ3n) is 2.92. The van der Waals surface area contributed by atoms with Gasteiger partial charge in [-0.1, -0.05) is 12.1 Å². The lowest BCUT2D eigenvalue weighted by Gasteiger charge is -2.33. The van der Waals surface area contributed by atoms with Crippen LogP contribution in [0.25, 0.3) is 0 Å². The van der Waals surface area contributed by atoms with E-state index in [1.807, 2.05) is 0 Å². The van der Waals surface area contributed by atoms with E-state index >= 15 is 0 Å². The number of nitrogens with one attached hydrogen (secondary N) is 1. The van der Waals surface area contributed by atoms with Gasteiger partial charge in [0.1, 0.15) is 6.04 Å². The molecule has 0 bridgehead atoms. The Balaban J connectivity index is 2.21. The third kappa shape index (κ3) is 2.42. The highest BCUT2D eigenvalue weighted by Gasteiger charge is 2.33. The number of carbonyl (C=O) groups is 3. The molecule has 8 nitrogen and oxygen atoms in total. The van der Waals surface area contributed by atoms with Crippen molar-refractivity contribution in [3.63, 3.8) is 0 Å². The van der Waals surface area contributed by atoms with E-state index in [1.165, 1.54) is 4.90 Å². The normalized spacial score (nSPS) is 19.1. The van der Waals surface area contributed by atoms with Crippen LogP contribution in [0.15, 0.2) is 10.6 Å². The van der Waals surface area contributed by atoms with Crippen molar-refractivity contribution in [1.82, 2.24) is 15.4 Å². The van der Waals surface area contributed by atoms with Crippen LogP contribution in [0.4, 0.5) is 0 Å². The molecule has 1 atom stereocenters. The Bertz CT molecular complexity index is 524. The number of carbonyl (C=O) groups excluding carboxylic acids is 2. The van der Waals surface area contributed by atoms with Gasteiger partial charge in [0.2, 0.25) is 11.7 Å². The monoisotopic (exact) mass is 267 g/mol. The zero-order valence-corrected chi connectivity index (χ0v) is 10.3. The summed E-state index contributed by atoms with van der Waals surface area (Å²) in [7, 11) is 0. The summed E-state index contributed by atoms with van der Waals surface area (Å²) in [5.74, 6) is -2.42. The van der Waals surface area contributed by atoms with E-state index < -0.39 is 23.7 Å². The molecule has 1 saturated heterocycles. The van der Waals surface area contributed by atoms with Gasteiger partial charge in [0.25, 0.3) is 5.91 Å². The van der Waals surface area contributed by atoms with Crippen LogP contribution in [-0.2, 0) is 4.79 Å². The average Bonchev–Trinajstić information content (AvgIpc) is 2.87. The first-order valence-corrected chi connectivity index (χ1v) is 5.83. The van der Waals surface area contributed by atoms with Crippen LogP contribution in [0.3, 0.4) is 0 Å². The Morgan fingerprint density at radius 3 is 2.95 bits per heavy atom. The van der Waals surface area contributed by atoms with E-state index in [4.69, 9.17) is 5.11 Å². The van der Waals surface area contributed by atoms with Crippen LogP contribution in [-0.4, -0.2) is 52.1 Å². The zero-order chi connectivity index (χ0) is 14.0. The van der Waals surface area contributed by atoms with Crippen LogP contribution < -0.4 is 5.32 Å². The highest BCUT2D eigenvalue weighted by Crippen LogP contribution is 2.14. The molecule has 102 valence electrons. The highest BCUT2D eigenvalue weighted by atomic mass is 16.5. The maximum atomic E-state index is 12.2. The topological polar surface area (TPSA) is 113 Å². The maximum absolute atomic E-state index is 12.2. The lowest BCUT2D eigenvalue weighted by molar-refractivity contribution is -0.127. The minimum atomic E-state index is -1.30. The third-order valence-corrected chi connectivity index (χ3v) is 2.92. The molecule has 1 aliphatic heterocycles. The smallest absolute Gasteiger partial charge is 0.374 e. The van der Waals surface area contributed by atoms with Gasteiger partial charge >= 0.3 is 5.97 Å². The lowest BCUT2D eigenvalue weighted by atomic mass is 10.1. The van der Waals surface area contributed by atoms with E-state index in [-0.39, 0.29) is 11.6 Å². The van der Waals surface area contributed by atoms with Gasteiger partial charge in [0.15, 0.2) is 5.69 Å². The Hall–Kier alpha value is -2.38. The van der Waals surface area contributed by atoms with Gasteiger partial charge in [0, 0.05) is 19.2 Å². The first kappa shape index (κ1) is 13.1. The first-order chi connectivity index (χ1) is 9.04. The van der Waals surface area contributed by atoms with Crippen LogP contribution in [0.1, 0.15) is 34.4 Å². The number of rotatable bonds is 3. The predicted molar refractivity (Wildman–Crippen MR) is 61.6 cm³/mol. The molecule has 0 aliphatic carbocycles. The van der Waals surface area contributed by atoms with Crippen LogP contribution >= 0.6 is 0 Å². The molecule has 1 aromatic heterocycles. The quantitative estimate of drug-likeness (QED) is 0.779. The van der Waals surface area contributed by atoms with Crippen LogP contribution in [0, 0.1) is 0 Å². The Morgan fingerprint density at radius 2 is 2.37 bits per heavy atom. The number of aromatic nitrogens is 1. The average molecular weight is 267 g/mol. The minimum Gasteiger partial charge on any atom is -0.475 e. The van der Waals surface area contributed by atoms with Gasteiger partial charge in [-0.15, -0.1) is 0 Å². The van der Waals surface area contributed by atoms with Crippen molar-refractivity contribution in [2.45, 2.75) is 19.4 Å². The number of piperazine rings is 1. The number of hydrogen-bond acceptors (Lipinski definition) is 5. The molecule has 0 aromatic carbocycles. The molecule has 2 N–H and O–H groups in total. The van der Waals surface area contributed by atoms with Crippen molar-refractivity contribution in [3.05, 3.63) is 17.5 Å². The Labute approximate surface area is 108 Å². The standard InChI is InChI=1S/C11H13N3O5/c1-2-7-9(15)12-3-4-14(7)10(16)6-5-8(11(17)18)19-13-6/h5,7H,2-4H2,1H3,(H,12,15)(H,17,18). The van der Waals surface area contributed by atoms with E-state index in [9.17, 15) is 14.4 Å². The minimum absolute atomic E-state index is 0.106. The molecule has 8 heteroatoms. The van der Waals surface area contributed by atoms with Crippen molar-refractivity contribution in [2.24, 2.45) is 0 Å². The number of hydrogen-bond donors (Lipinski definition) is 2. The van der Waals surface area contributed by atoms with Gasteiger partial charge in [-0.3, -0.25) is 9.59 Å². The summed E-state index contributed by atoms with van der Waals surface area (Å²) >= 11 is 0. The fraction of sp³-hybridized carbons (Fsp3) is 0.455. The molecule has 2 heterocycles. The van der Waals surface area contributed by atoms with Crippen molar-refractivity contribution < 1.29 is 24.0 Å². The molecule has 1 unspecified atom stereocenters. The second kappa shape index (κ2) is 5.09. The van der Waals surface area contributed by atoms with E-state index in [0.29, 0.717) is 19.5 Å². The number of carboxylic acids is 1. The lowest BCUT2D eigenvalue weighted by Crippen LogP contribution is -2.56. The molecule has 0 saturated carbocycles. The molecule has 1 fully saturated rings. The van der Waals surface area contributed by atoms with E-state index in [0.717, 1.165) is 6.07 Å². The fourth-order valence-electron chi connectivity index (χ4n) is 1.99. The molecule has 0 spiro atoms. The number of nitrogens with zero attached hydrogens (tertiary/aromatic N) is 2. The van der Waals surface area contributed by atoms with Gasteiger partial charge < -0.3 is 19.8 Å². The second-order valence-electron chi connectivity index (χ2n) is 4.10. The number of aromatic carboxylic acids is 1. The van der Waals surface area contributed by atoms with Gasteiger partial charge in [0.05, 0.1) is 0 Å². The molecular formula is C11H13N3O5. The summed E-state index contributed by atoms with van der Waals surface area (Å²) in [6, 6.07) is 0.496. The molecule has 19 heavy (non-hydrogen) atoms. The fourth-order valence-corrected chi connectivity index (χ4v) is 1.99. The predicted octanol–water partition coefficient (Wildman–Crippen LogP) is -0.277. The summed E-state index contributed by atoms with van der Waals surface area (Å²) in [5, 5.41) is 14.8. The molecular weight excluding hydrogens is 254 g/mol. The number of amides is 2. The number of carboxylic acid groups (broad SMARTS) is 1. The zero-order valence-electron chi connectivity index (χ0n) is 10.3. The van der Waals surface area contributed by atoms with Crippen molar-refractivity contribution in [3.8, 4) is 0 Å². The summed E-state index contributed by atoms with van der Waals surface area (Å²) in [4.78, 5) is 35.9. The first-order valence-electron chi connectivity index (χ1n) is 5.83. The van der Waals surface area contributed by atoms with Crippen molar-refractivity contribution in [2.75, 3.05) is 13.1 Å². The Morgan fingerprint density at radius 1 is 1.63 bits per heavy atom. The van der Waals surface area contributed by atoms with Gasteiger partial charge in [-0.25, -0.2) is 4.79 Å². The molecule has 1 aromatic rings. The SMILES string of the molecule is CCC1C(=O)NCCN1C(=O)c1cc(C(=O)O)on1. The van der Waals surface area contributed by atoms with Crippen LogP contribution in [0.5, 0.6) is 0 Å². The molecule has 2 amide bonds. The largest absolute Gasteiger partial charge is 0.475 e. The van der Waals surface area contributed by atoms with E-state index in [1.54, 1.807) is 6.92 Å².